The fourth-order valence-corrected chi connectivity index (χ4v) is 7.28. The Morgan fingerprint density at radius 2 is 1.85 bits per heavy atom. The minimum Gasteiger partial charge on any atom is -0.456 e. The maximum absolute atomic E-state index is 14.1. The summed E-state index contributed by atoms with van der Waals surface area (Å²) in [5.41, 5.74) is -2.41. The molecule has 5 unspecified atom stereocenters. The molecule has 0 radical (unpaired) electrons. The van der Waals surface area contributed by atoms with Crippen LogP contribution in [0.3, 0.4) is 0 Å². The number of rotatable bonds is 6. The molecule has 3 heterocycles. The first-order valence-electron chi connectivity index (χ1n) is 16.0. The van der Waals surface area contributed by atoms with Gasteiger partial charge in [-0.05, 0) is 59.3 Å². The number of ether oxygens (including phenoxy) is 2. The van der Waals surface area contributed by atoms with Gasteiger partial charge in [-0.2, -0.15) is 0 Å². The van der Waals surface area contributed by atoms with E-state index in [4.69, 9.17) is 9.47 Å². The summed E-state index contributed by atoms with van der Waals surface area (Å²) in [5.74, 6) is -3.37. The molecule has 0 bridgehead atoms. The molecule has 16 heteroatoms. The molecule has 5 atom stereocenters. The third kappa shape index (κ3) is 8.45. The molecular weight excluding hydrogens is 632 g/mol. The highest BCUT2D eigenvalue weighted by molar-refractivity contribution is 7.91. The van der Waals surface area contributed by atoms with E-state index >= 15 is 0 Å². The molecule has 1 aromatic rings. The number of alkyl carbamates (subject to hydrolysis) is 1. The van der Waals surface area contributed by atoms with Crippen LogP contribution < -0.4 is 15.4 Å². The molecule has 1 saturated heterocycles. The monoisotopic (exact) mass is 674 g/mol. The highest BCUT2D eigenvalue weighted by Gasteiger charge is 2.62. The summed E-state index contributed by atoms with van der Waals surface area (Å²) in [6.45, 7) is 4.92. The van der Waals surface area contributed by atoms with Crippen molar-refractivity contribution in [1.29, 1.82) is 0 Å². The summed E-state index contributed by atoms with van der Waals surface area (Å²) in [6, 6.07) is -2.25. The summed E-state index contributed by atoms with van der Waals surface area (Å²) in [6.07, 6.45) is 9.97. The van der Waals surface area contributed by atoms with Crippen molar-refractivity contribution in [3.8, 4) is 0 Å². The Morgan fingerprint density at radius 1 is 1.09 bits per heavy atom. The molecule has 3 N–H and O–H groups in total. The van der Waals surface area contributed by atoms with Gasteiger partial charge in [0.2, 0.25) is 21.8 Å². The molecule has 0 spiro atoms. The smallest absolute Gasteiger partial charge is 0.408 e. The Morgan fingerprint density at radius 3 is 2.53 bits per heavy atom. The Balaban J connectivity index is 1.42. The van der Waals surface area contributed by atoms with Crippen LogP contribution in [0.1, 0.15) is 89.0 Å². The van der Waals surface area contributed by atoms with Gasteiger partial charge in [-0.25, -0.2) is 23.0 Å². The van der Waals surface area contributed by atoms with Gasteiger partial charge in [-0.3, -0.25) is 24.1 Å². The fourth-order valence-electron chi connectivity index (χ4n) is 5.91. The average Bonchev–Trinajstić information content (AvgIpc) is 3.92. The Hall–Kier alpha value is -4.08. The lowest BCUT2D eigenvalue weighted by Crippen LogP contribution is -2.58. The van der Waals surface area contributed by atoms with Gasteiger partial charge in [0.25, 0.3) is 5.91 Å². The number of amides is 4. The maximum atomic E-state index is 14.1. The molecule has 15 nitrogen and oxygen atoms in total. The Labute approximate surface area is 273 Å². The zero-order valence-corrected chi connectivity index (χ0v) is 27.6. The SMILES string of the molecule is CC(C)(C)OC(=O)NC1CCCCC/C=C/C2CC2(C(=O)NS(=O)(=O)C2CC2)NC(=O)C2CC(OC(=O)c3cnccn3)CN2C1=O. The van der Waals surface area contributed by atoms with Gasteiger partial charge >= 0.3 is 12.1 Å². The van der Waals surface area contributed by atoms with Crippen LogP contribution in [0.5, 0.6) is 0 Å². The Bertz CT molecular complexity index is 1530. The number of nitrogens with one attached hydrogen (secondary N) is 3. The number of allylic oxidation sites excluding steroid dienone is 1. The molecule has 256 valence electrons. The number of aromatic nitrogens is 2. The van der Waals surface area contributed by atoms with Crippen molar-refractivity contribution in [1.82, 2.24) is 30.2 Å². The van der Waals surface area contributed by atoms with Crippen LogP contribution >= 0.6 is 0 Å². The van der Waals surface area contributed by atoms with E-state index in [-0.39, 0.29) is 31.5 Å². The standard InChI is InChI=1S/C31H42N6O9S/c1-30(2,3)46-29(42)34-22-10-8-6-4-5-7-9-19-16-31(19,28(41)36-47(43,44)21-11-12-21)35-25(38)24-15-20(18-37(24)26(22)39)45-27(40)23-17-32-13-14-33-23/h7,9,13-14,17,19-22,24H,4-6,8,10-12,15-16,18H2,1-3H3,(H,34,42)(H,35,38)(H,36,41)/b9-7+. The lowest BCUT2D eigenvalue weighted by Gasteiger charge is -2.30. The van der Waals surface area contributed by atoms with Crippen LogP contribution in [0.15, 0.2) is 30.7 Å². The van der Waals surface area contributed by atoms with Crippen molar-refractivity contribution in [3.63, 3.8) is 0 Å². The van der Waals surface area contributed by atoms with Crippen molar-refractivity contribution >= 4 is 39.8 Å². The molecule has 47 heavy (non-hydrogen) atoms. The number of hydrogen-bond donors (Lipinski definition) is 3. The van der Waals surface area contributed by atoms with Gasteiger partial charge < -0.3 is 25.0 Å². The summed E-state index contributed by atoms with van der Waals surface area (Å²) >= 11 is 0. The second-order valence-electron chi connectivity index (χ2n) is 13.6. The zero-order chi connectivity index (χ0) is 34.0. The number of nitrogens with zero attached hydrogens (tertiary/aromatic N) is 3. The number of esters is 1. The van der Waals surface area contributed by atoms with Crippen molar-refractivity contribution in [2.45, 2.75) is 113 Å². The molecular formula is C31H42N6O9S. The van der Waals surface area contributed by atoms with Gasteiger partial charge in [0.05, 0.1) is 18.0 Å². The van der Waals surface area contributed by atoms with Gasteiger partial charge in [0.1, 0.15) is 29.3 Å². The molecule has 4 amide bonds. The molecule has 2 aliphatic carbocycles. The molecule has 5 rings (SSSR count). The molecule has 2 aliphatic heterocycles. The first-order chi connectivity index (χ1) is 22.2. The number of carbonyl (C=O) groups is 5. The normalized spacial score (nSPS) is 29.1. The van der Waals surface area contributed by atoms with E-state index < -0.39 is 80.3 Å². The van der Waals surface area contributed by atoms with E-state index in [0.717, 1.165) is 12.8 Å². The molecule has 0 aromatic carbocycles. The molecule has 3 fully saturated rings. The van der Waals surface area contributed by atoms with Crippen LogP contribution in [0.2, 0.25) is 0 Å². The first-order valence-corrected chi connectivity index (χ1v) is 17.5. The second-order valence-corrected chi connectivity index (χ2v) is 15.5. The summed E-state index contributed by atoms with van der Waals surface area (Å²) < 4.78 is 38.5. The lowest BCUT2D eigenvalue weighted by atomic mass is 10.0. The number of sulfonamides is 1. The Kier molecular flexibility index (Phi) is 9.89. The number of carbonyl (C=O) groups excluding carboxylic acids is 5. The second kappa shape index (κ2) is 13.6. The van der Waals surface area contributed by atoms with E-state index in [1.54, 1.807) is 20.8 Å². The average molecular weight is 675 g/mol. The highest BCUT2D eigenvalue weighted by atomic mass is 32.2. The van der Waals surface area contributed by atoms with Crippen LogP contribution in [0.25, 0.3) is 0 Å². The minimum absolute atomic E-state index is 0.0580. The molecule has 1 aromatic heterocycles. The zero-order valence-electron chi connectivity index (χ0n) is 26.8. The predicted molar refractivity (Wildman–Crippen MR) is 166 cm³/mol. The third-order valence-electron chi connectivity index (χ3n) is 8.58. The first kappa shape index (κ1) is 34.3. The van der Waals surface area contributed by atoms with E-state index in [9.17, 15) is 32.4 Å². The summed E-state index contributed by atoms with van der Waals surface area (Å²) in [5, 5.41) is 4.78. The third-order valence-corrected chi connectivity index (χ3v) is 10.4. The highest BCUT2D eigenvalue weighted by Crippen LogP contribution is 2.46. The largest absolute Gasteiger partial charge is 0.456 e. The quantitative estimate of drug-likeness (QED) is 0.291. The lowest BCUT2D eigenvalue weighted by molar-refractivity contribution is -0.141. The minimum atomic E-state index is -3.90. The number of hydrogen-bond acceptors (Lipinski definition) is 11. The van der Waals surface area contributed by atoms with Crippen LogP contribution in [-0.2, 0) is 33.9 Å². The van der Waals surface area contributed by atoms with Crippen molar-refractivity contribution in [2.24, 2.45) is 5.92 Å². The van der Waals surface area contributed by atoms with Crippen molar-refractivity contribution in [2.75, 3.05) is 6.54 Å². The van der Waals surface area contributed by atoms with E-state index in [2.05, 4.69) is 25.3 Å². The summed E-state index contributed by atoms with van der Waals surface area (Å²) in [7, 11) is -3.90. The summed E-state index contributed by atoms with van der Waals surface area (Å²) in [4.78, 5) is 76.3. The fraction of sp³-hybridized carbons (Fsp3) is 0.645. The van der Waals surface area contributed by atoms with Gasteiger partial charge in [0, 0.05) is 24.7 Å². The van der Waals surface area contributed by atoms with E-state index in [1.807, 2.05) is 12.2 Å². The van der Waals surface area contributed by atoms with Crippen LogP contribution in [0.4, 0.5) is 4.79 Å². The van der Waals surface area contributed by atoms with E-state index in [1.165, 1.54) is 23.5 Å². The van der Waals surface area contributed by atoms with Crippen molar-refractivity contribution < 1.29 is 41.9 Å². The van der Waals surface area contributed by atoms with Gasteiger partial charge in [-0.1, -0.05) is 25.0 Å². The molecule has 4 aliphatic rings. The van der Waals surface area contributed by atoms with Crippen molar-refractivity contribution in [3.05, 3.63) is 36.4 Å². The van der Waals surface area contributed by atoms with Crippen LogP contribution in [-0.4, -0.2) is 94.2 Å². The number of fused-ring (bicyclic) bond motifs is 2. The van der Waals surface area contributed by atoms with Gasteiger partial charge in [-0.15, -0.1) is 0 Å². The maximum Gasteiger partial charge on any atom is 0.408 e. The van der Waals surface area contributed by atoms with Crippen LogP contribution in [0, 0.1) is 5.92 Å². The van der Waals surface area contributed by atoms with E-state index in [0.29, 0.717) is 25.7 Å². The molecule has 2 saturated carbocycles. The predicted octanol–water partition coefficient (Wildman–Crippen LogP) is 1.50. The van der Waals surface area contributed by atoms with Gasteiger partial charge in [0.15, 0.2) is 5.69 Å². The topological polar surface area (TPSA) is 203 Å².